The van der Waals surface area contributed by atoms with Crippen molar-refractivity contribution in [2.75, 3.05) is 27.3 Å². The maximum absolute atomic E-state index is 13.0. The first kappa shape index (κ1) is 18.0. The van der Waals surface area contributed by atoms with Gasteiger partial charge in [0.2, 0.25) is 5.72 Å². The highest BCUT2D eigenvalue weighted by molar-refractivity contribution is 5.91. The van der Waals surface area contributed by atoms with Crippen LogP contribution in [0.2, 0.25) is 0 Å². The zero-order valence-corrected chi connectivity index (χ0v) is 16.8. The number of carbonyl (C=O) groups excluding carboxylic acids is 1. The molecule has 0 aliphatic carbocycles. The number of aliphatic hydroxyl groups is 1. The number of methoxy groups -OCH3 is 2. The van der Waals surface area contributed by atoms with E-state index in [1.54, 1.807) is 7.11 Å². The van der Waals surface area contributed by atoms with Crippen molar-refractivity contribution in [2.24, 2.45) is 5.41 Å². The van der Waals surface area contributed by atoms with Crippen molar-refractivity contribution in [1.29, 1.82) is 0 Å². The van der Waals surface area contributed by atoms with E-state index in [1.165, 1.54) is 12.7 Å². The molecular weight excluding hydrogens is 356 g/mol. The predicted octanol–water partition coefficient (Wildman–Crippen LogP) is 2.96. The Morgan fingerprint density at radius 2 is 2.14 bits per heavy atom. The fourth-order valence-corrected chi connectivity index (χ4v) is 6.25. The van der Waals surface area contributed by atoms with Crippen LogP contribution in [0, 0.1) is 5.41 Å². The van der Waals surface area contributed by atoms with Crippen molar-refractivity contribution in [3.63, 3.8) is 0 Å². The zero-order chi connectivity index (χ0) is 19.7. The minimum atomic E-state index is -1.69. The monoisotopic (exact) mass is 384 g/mol. The van der Waals surface area contributed by atoms with E-state index in [4.69, 9.17) is 9.47 Å². The van der Waals surface area contributed by atoms with E-state index in [0.29, 0.717) is 6.42 Å². The van der Waals surface area contributed by atoms with E-state index in [-0.39, 0.29) is 11.5 Å². The molecule has 6 heteroatoms. The average molecular weight is 384 g/mol. The van der Waals surface area contributed by atoms with Gasteiger partial charge in [0, 0.05) is 30.1 Å². The van der Waals surface area contributed by atoms with Crippen molar-refractivity contribution in [3.8, 4) is 5.75 Å². The molecule has 1 saturated heterocycles. The quantitative estimate of drug-likeness (QED) is 0.825. The van der Waals surface area contributed by atoms with Gasteiger partial charge in [0.15, 0.2) is 0 Å². The minimum absolute atomic E-state index is 0.120. The first-order chi connectivity index (χ1) is 13.5. The summed E-state index contributed by atoms with van der Waals surface area (Å²) in [5, 5.41) is 12.9. The highest BCUT2D eigenvalue weighted by Crippen LogP contribution is 2.60. The second kappa shape index (κ2) is 5.97. The van der Waals surface area contributed by atoms with Crippen LogP contribution in [-0.4, -0.2) is 47.9 Å². The lowest BCUT2D eigenvalue weighted by Crippen LogP contribution is -2.60. The lowest BCUT2D eigenvalue weighted by molar-refractivity contribution is -0.194. The summed E-state index contributed by atoms with van der Waals surface area (Å²) in [6.07, 6.45) is 4.37. The molecule has 6 nitrogen and oxygen atoms in total. The summed E-state index contributed by atoms with van der Waals surface area (Å²) in [5.74, 6) is 0.141. The Morgan fingerprint density at radius 3 is 2.86 bits per heavy atom. The van der Waals surface area contributed by atoms with Crippen LogP contribution in [0.3, 0.4) is 0 Å². The maximum Gasteiger partial charge on any atom is 0.359 e. The molecule has 150 valence electrons. The van der Waals surface area contributed by atoms with E-state index in [0.717, 1.165) is 61.1 Å². The number of aromatic nitrogens is 1. The van der Waals surface area contributed by atoms with E-state index in [9.17, 15) is 9.90 Å². The summed E-state index contributed by atoms with van der Waals surface area (Å²) in [6, 6.07) is 6.20. The fourth-order valence-electron chi connectivity index (χ4n) is 6.25. The van der Waals surface area contributed by atoms with Crippen molar-refractivity contribution in [1.82, 2.24) is 9.47 Å². The Labute approximate surface area is 165 Å². The first-order valence-electron chi connectivity index (χ1n) is 10.3. The van der Waals surface area contributed by atoms with E-state index in [2.05, 4.69) is 17.9 Å². The summed E-state index contributed by atoms with van der Waals surface area (Å²) in [4.78, 5) is 15.5. The van der Waals surface area contributed by atoms with Crippen LogP contribution in [0.1, 0.15) is 49.9 Å². The number of benzene rings is 1. The van der Waals surface area contributed by atoms with Crippen LogP contribution in [0.15, 0.2) is 18.2 Å². The van der Waals surface area contributed by atoms with Gasteiger partial charge in [-0.15, -0.1) is 0 Å². The Bertz CT molecular complexity index is 967. The minimum Gasteiger partial charge on any atom is -0.497 e. The molecule has 4 heterocycles. The lowest BCUT2D eigenvalue weighted by atomic mass is 9.62. The molecule has 28 heavy (non-hydrogen) atoms. The molecule has 0 unspecified atom stereocenters. The molecule has 3 aliphatic rings. The van der Waals surface area contributed by atoms with Gasteiger partial charge in [0.05, 0.1) is 25.8 Å². The van der Waals surface area contributed by atoms with Crippen LogP contribution in [0.25, 0.3) is 10.9 Å². The molecule has 1 aromatic carbocycles. The smallest absolute Gasteiger partial charge is 0.359 e. The molecule has 0 saturated carbocycles. The summed E-state index contributed by atoms with van der Waals surface area (Å²) in [6.45, 7) is 4.30. The molecular formula is C22H28N2O4. The third kappa shape index (κ3) is 2.08. The molecule has 2 aromatic rings. The SMILES string of the molecule is CC[C@]12CCCN3CCc4c(n(c5cc(OC)ccc45)[C@@](O)(C(=O)OC)C1)[C@@H]32. The highest BCUT2D eigenvalue weighted by atomic mass is 16.5. The zero-order valence-electron chi connectivity index (χ0n) is 16.8. The van der Waals surface area contributed by atoms with Gasteiger partial charge in [0.25, 0.3) is 0 Å². The number of hydrogen-bond donors (Lipinski definition) is 1. The van der Waals surface area contributed by atoms with Crippen LogP contribution < -0.4 is 4.74 Å². The molecule has 5 rings (SSSR count). The van der Waals surface area contributed by atoms with Crippen molar-refractivity contribution < 1.29 is 19.4 Å². The highest BCUT2D eigenvalue weighted by Gasteiger charge is 2.60. The maximum atomic E-state index is 13.0. The van der Waals surface area contributed by atoms with E-state index in [1.807, 2.05) is 16.7 Å². The fraction of sp³-hybridized carbons (Fsp3) is 0.591. The van der Waals surface area contributed by atoms with Gasteiger partial charge in [-0.1, -0.05) is 6.92 Å². The molecule has 0 bridgehead atoms. The Kier molecular flexibility index (Phi) is 3.84. The first-order valence-corrected chi connectivity index (χ1v) is 10.3. The topological polar surface area (TPSA) is 63.9 Å². The largest absolute Gasteiger partial charge is 0.497 e. The van der Waals surface area contributed by atoms with Gasteiger partial charge in [-0.3, -0.25) is 4.90 Å². The van der Waals surface area contributed by atoms with E-state index >= 15 is 0 Å². The summed E-state index contributed by atoms with van der Waals surface area (Å²) >= 11 is 0. The third-order valence-corrected chi connectivity index (χ3v) is 7.48. The molecule has 0 amide bonds. The van der Waals surface area contributed by atoms with Crippen molar-refractivity contribution >= 4 is 16.9 Å². The molecule has 1 N–H and O–H groups in total. The standard InChI is InChI=1S/C22H28N2O4/c1-4-21-9-5-10-23-11-8-16-15-7-6-14(27-2)12-17(15)24(18(16)19(21)23)22(26,13-21)20(25)28-3/h6-7,12,19,26H,4-5,8-11,13H2,1-3H3/t19-,21+,22+/m1/s1. The third-order valence-electron chi connectivity index (χ3n) is 7.48. The van der Waals surface area contributed by atoms with Gasteiger partial charge >= 0.3 is 5.97 Å². The van der Waals surface area contributed by atoms with Gasteiger partial charge in [-0.25, -0.2) is 4.79 Å². The van der Waals surface area contributed by atoms with Crippen LogP contribution in [0.4, 0.5) is 0 Å². The molecule has 1 fully saturated rings. The predicted molar refractivity (Wildman–Crippen MR) is 105 cm³/mol. The van der Waals surface area contributed by atoms with Gasteiger partial charge in [-0.05, 0) is 55.3 Å². The normalized spacial score (nSPS) is 31.5. The lowest BCUT2D eigenvalue weighted by Gasteiger charge is -2.57. The number of piperidine rings is 1. The van der Waals surface area contributed by atoms with Crippen LogP contribution in [-0.2, 0) is 21.7 Å². The van der Waals surface area contributed by atoms with E-state index < -0.39 is 11.7 Å². The second-order valence-electron chi connectivity index (χ2n) is 8.58. The number of rotatable bonds is 3. The molecule has 0 spiro atoms. The number of carbonyl (C=O) groups is 1. The summed E-state index contributed by atoms with van der Waals surface area (Å²) in [7, 11) is 2.99. The second-order valence-corrected chi connectivity index (χ2v) is 8.58. The Morgan fingerprint density at radius 1 is 1.32 bits per heavy atom. The van der Waals surface area contributed by atoms with Gasteiger partial charge < -0.3 is 19.1 Å². The molecule has 3 atom stereocenters. The molecule has 3 aliphatic heterocycles. The number of hydrogen-bond acceptors (Lipinski definition) is 5. The van der Waals surface area contributed by atoms with Gasteiger partial charge in [0.1, 0.15) is 5.75 Å². The van der Waals surface area contributed by atoms with Gasteiger partial charge in [-0.2, -0.15) is 0 Å². The number of ether oxygens (including phenoxy) is 2. The Balaban J connectivity index is 1.89. The number of fused-ring (bicyclic) bond motifs is 3. The average Bonchev–Trinajstić information content (AvgIpc) is 3.07. The molecule has 0 radical (unpaired) electrons. The molecule has 1 aromatic heterocycles. The number of nitrogens with zero attached hydrogens (tertiary/aromatic N) is 2. The van der Waals surface area contributed by atoms with Crippen molar-refractivity contribution in [3.05, 3.63) is 29.5 Å². The Hall–Kier alpha value is -2.05. The van der Waals surface area contributed by atoms with Crippen molar-refractivity contribution in [2.45, 2.75) is 50.8 Å². The summed E-state index contributed by atoms with van der Waals surface area (Å²) < 4.78 is 12.4. The van der Waals surface area contributed by atoms with Crippen LogP contribution in [0.5, 0.6) is 5.75 Å². The summed E-state index contributed by atoms with van der Waals surface area (Å²) in [5.41, 5.74) is 1.41. The van der Waals surface area contributed by atoms with Crippen LogP contribution >= 0.6 is 0 Å². The number of esters is 1.